The number of hydrogen-bond donors (Lipinski definition) is 0. The average molecular weight is 461 g/mol. The van der Waals surface area contributed by atoms with Crippen molar-refractivity contribution in [2.45, 2.75) is 12.2 Å². The Kier molecular flexibility index (Phi) is 9.31. The Labute approximate surface area is 153 Å². The quantitative estimate of drug-likeness (QED) is 0.236. The Morgan fingerprint density at radius 1 is 0.577 bits per heavy atom. The third-order valence-corrected chi connectivity index (χ3v) is 4.35. The second-order valence-electron chi connectivity index (χ2n) is 5.04. The molecule has 0 aromatic rings. The van der Waals surface area contributed by atoms with Crippen LogP contribution in [0.3, 0.4) is 0 Å². The van der Waals surface area contributed by atoms with E-state index in [0.717, 1.165) is 24.7 Å². The fourth-order valence-electron chi connectivity index (χ4n) is 1.31. The van der Waals surface area contributed by atoms with Crippen LogP contribution >= 0.6 is 0 Å². The van der Waals surface area contributed by atoms with Gasteiger partial charge >= 0.3 is 0 Å². The summed E-state index contributed by atoms with van der Waals surface area (Å²) in [5.74, 6) is 0. The highest BCUT2D eigenvalue weighted by Crippen LogP contribution is 2.08. The van der Waals surface area contributed by atoms with E-state index in [4.69, 9.17) is 0 Å². The van der Waals surface area contributed by atoms with Gasteiger partial charge in [-0.1, -0.05) is 12.2 Å². The Balaban J connectivity index is 5.39. The normalized spacial score (nSPS) is 16.6. The lowest BCUT2D eigenvalue weighted by molar-refractivity contribution is 0.163. The zero-order chi connectivity index (χ0) is 20.8. The molecular formula is C10H20O12S4. The van der Waals surface area contributed by atoms with E-state index in [2.05, 4.69) is 16.7 Å². The highest BCUT2D eigenvalue weighted by atomic mass is 32.2. The highest BCUT2D eigenvalue weighted by molar-refractivity contribution is 7.86. The van der Waals surface area contributed by atoms with Crippen molar-refractivity contribution in [1.29, 1.82) is 0 Å². The topological polar surface area (TPSA) is 173 Å². The molecule has 16 heteroatoms. The van der Waals surface area contributed by atoms with Gasteiger partial charge in [-0.05, 0) is 0 Å². The Morgan fingerprint density at radius 3 is 1.04 bits per heavy atom. The molecule has 0 rings (SSSR count). The third-order valence-electron chi connectivity index (χ3n) is 2.03. The molecule has 156 valence electrons. The van der Waals surface area contributed by atoms with E-state index in [1.807, 2.05) is 0 Å². The monoisotopic (exact) mass is 460 g/mol. The predicted octanol–water partition coefficient (Wildman–Crippen LogP) is -1.82. The minimum Gasteiger partial charge on any atom is -0.267 e. The van der Waals surface area contributed by atoms with Gasteiger partial charge in [-0.3, -0.25) is 16.7 Å². The number of rotatable bonds is 12. The number of hydrogen-bond acceptors (Lipinski definition) is 12. The molecule has 12 nitrogen and oxygen atoms in total. The predicted molar refractivity (Wildman–Crippen MR) is 90.2 cm³/mol. The maximum atomic E-state index is 11.2. The molecule has 0 saturated carbocycles. The van der Waals surface area contributed by atoms with Gasteiger partial charge < -0.3 is 0 Å². The second kappa shape index (κ2) is 9.54. The molecule has 2 atom stereocenters. The maximum Gasteiger partial charge on any atom is 0.265 e. The fraction of sp³-hybridized carbons (Fsp3) is 0.800. The first kappa shape index (κ1) is 25.4. The van der Waals surface area contributed by atoms with Crippen molar-refractivity contribution in [2.75, 3.05) is 38.2 Å². The molecule has 0 aliphatic carbocycles. The minimum absolute atomic E-state index is 0.700. The Hall–Kier alpha value is -0.620. The van der Waals surface area contributed by atoms with E-state index in [1.165, 1.54) is 0 Å². The summed E-state index contributed by atoms with van der Waals surface area (Å²) < 4.78 is 107. The summed E-state index contributed by atoms with van der Waals surface area (Å²) in [7, 11) is -15.9. The smallest absolute Gasteiger partial charge is 0.265 e. The van der Waals surface area contributed by atoms with Gasteiger partial charge in [0.15, 0.2) is 0 Å². The van der Waals surface area contributed by atoms with E-state index in [1.54, 1.807) is 0 Å². The summed E-state index contributed by atoms with van der Waals surface area (Å²) in [6.45, 7) is -1.47. The van der Waals surface area contributed by atoms with Crippen LogP contribution < -0.4 is 0 Å². The lowest BCUT2D eigenvalue weighted by Crippen LogP contribution is -2.26. The molecule has 0 radical (unpaired) electrons. The zero-order valence-corrected chi connectivity index (χ0v) is 17.5. The standard InChI is InChI=1S/C10H20O12S4/c1-23(11,12)19-7-9(21-25(3,15)16)5-6-10(22-26(4,17)18)8-20-24(2,13)14/h5-6,9-10H,7-8H2,1-4H3/b6-5-/t9-,10+. The van der Waals surface area contributed by atoms with Gasteiger partial charge in [0.1, 0.15) is 12.2 Å². The second-order valence-corrected chi connectivity index (χ2v) is 11.5. The van der Waals surface area contributed by atoms with Crippen LogP contribution in [0.5, 0.6) is 0 Å². The molecule has 0 N–H and O–H groups in total. The van der Waals surface area contributed by atoms with Gasteiger partial charge in [0.2, 0.25) is 0 Å². The fourth-order valence-corrected chi connectivity index (χ4v) is 3.21. The van der Waals surface area contributed by atoms with Crippen molar-refractivity contribution in [3.05, 3.63) is 12.2 Å². The molecule has 0 saturated heterocycles. The molecule has 0 fully saturated rings. The van der Waals surface area contributed by atoms with Crippen LogP contribution in [0.25, 0.3) is 0 Å². The van der Waals surface area contributed by atoms with Crippen molar-refractivity contribution in [3.8, 4) is 0 Å². The molecule has 0 bridgehead atoms. The summed E-state index contributed by atoms with van der Waals surface area (Å²) in [4.78, 5) is 0. The molecule has 0 unspecified atom stereocenters. The summed E-state index contributed by atoms with van der Waals surface area (Å²) in [6.07, 6.45) is 1.82. The maximum absolute atomic E-state index is 11.2. The van der Waals surface area contributed by atoms with Gasteiger partial charge in [0, 0.05) is 0 Å². The van der Waals surface area contributed by atoms with Crippen LogP contribution in [0.2, 0.25) is 0 Å². The molecule has 0 aliphatic rings. The van der Waals surface area contributed by atoms with Gasteiger partial charge in [0.05, 0.1) is 38.2 Å². The lowest BCUT2D eigenvalue weighted by Gasteiger charge is -2.15. The van der Waals surface area contributed by atoms with E-state index in [9.17, 15) is 33.7 Å². The average Bonchev–Trinajstić information content (AvgIpc) is 2.33. The van der Waals surface area contributed by atoms with Gasteiger partial charge in [0.25, 0.3) is 40.5 Å². The van der Waals surface area contributed by atoms with Crippen LogP contribution in [0.15, 0.2) is 12.2 Å². The summed E-state index contributed by atoms with van der Waals surface area (Å²) in [6, 6.07) is 0. The largest absolute Gasteiger partial charge is 0.267 e. The van der Waals surface area contributed by atoms with Crippen LogP contribution in [-0.2, 0) is 57.2 Å². The summed E-state index contributed by atoms with van der Waals surface area (Å²) >= 11 is 0. The van der Waals surface area contributed by atoms with Gasteiger partial charge in [-0.25, -0.2) is 0 Å². The minimum atomic E-state index is -4.02. The molecule has 0 amide bonds. The van der Waals surface area contributed by atoms with Crippen molar-refractivity contribution in [3.63, 3.8) is 0 Å². The lowest BCUT2D eigenvalue weighted by atomic mass is 10.3. The molecule has 0 heterocycles. The first-order valence-corrected chi connectivity index (χ1v) is 13.8. The summed E-state index contributed by atoms with van der Waals surface area (Å²) in [5.41, 5.74) is 0. The van der Waals surface area contributed by atoms with E-state index >= 15 is 0 Å². The molecule has 0 aromatic carbocycles. The van der Waals surface area contributed by atoms with E-state index < -0.39 is 65.9 Å². The SMILES string of the molecule is CS(=O)(=O)OC[C@@H](/C=C\[C@@H](COS(C)(=O)=O)OS(C)(=O)=O)OS(C)(=O)=O. The Morgan fingerprint density at radius 2 is 0.846 bits per heavy atom. The van der Waals surface area contributed by atoms with Crippen LogP contribution in [0.1, 0.15) is 0 Å². The zero-order valence-electron chi connectivity index (χ0n) is 14.3. The van der Waals surface area contributed by atoms with Crippen LogP contribution in [0.4, 0.5) is 0 Å². The van der Waals surface area contributed by atoms with E-state index in [0.29, 0.717) is 12.5 Å². The Bertz CT molecular complexity index is 819. The van der Waals surface area contributed by atoms with Crippen molar-refractivity contribution in [1.82, 2.24) is 0 Å². The van der Waals surface area contributed by atoms with Crippen LogP contribution in [0, 0.1) is 0 Å². The first-order valence-electron chi connectivity index (χ1n) is 6.50. The van der Waals surface area contributed by atoms with Crippen LogP contribution in [-0.4, -0.2) is 84.1 Å². The molecule has 0 spiro atoms. The van der Waals surface area contributed by atoms with Gasteiger partial charge in [-0.15, -0.1) is 0 Å². The molecular weight excluding hydrogens is 440 g/mol. The first-order chi connectivity index (χ1) is 11.4. The molecule has 26 heavy (non-hydrogen) atoms. The van der Waals surface area contributed by atoms with Crippen molar-refractivity contribution >= 4 is 40.5 Å². The van der Waals surface area contributed by atoms with Crippen molar-refractivity contribution < 1.29 is 50.4 Å². The molecule has 0 aliphatic heterocycles. The summed E-state index contributed by atoms with van der Waals surface area (Å²) in [5, 5.41) is 0. The highest BCUT2D eigenvalue weighted by Gasteiger charge is 2.19. The van der Waals surface area contributed by atoms with E-state index in [-0.39, 0.29) is 0 Å². The van der Waals surface area contributed by atoms with Gasteiger partial charge in [-0.2, -0.15) is 33.7 Å². The van der Waals surface area contributed by atoms with Crippen molar-refractivity contribution in [2.24, 2.45) is 0 Å². The molecule has 0 aromatic heterocycles. The third kappa shape index (κ3) is 16.8.